The van der Waals surface area contributed by atoms with Crippen LogP contribution in [0.15, 0.2) is 76.0 Å². The molecule has 0 radical (unpaired) electrons. The first-order valence-corrected chi connectivity index (χ1v) is 10.4. The number of carbonyl (C=O) groups excluding carboxylic acids is 1. The smallest absolute Gasteiger partial charge is 0.271 e. The van der Waals surface area contributed by atoms with Crippen molar-refractivity contribution < 1.29 is 4.79 Å². The molecule has 7 heteroatoms. The summed E-state index contributed by atoms with van der Waals surface area (Å²) in [4.78, 5) is 29.1. The molecule has 4 rings (SSSR count). The number of hydrogen-bond acceptors (Lipinski definition) is 4. The monoisotopic (exact) mass is 452 g/mol. The lowest BCUT2D eigenvalue weighted by atomic mass is 10.2. The second kappa shape index (κ2) is 8.61. The number of amides is 1. The highest BCUT2D eigenvalue weighted by molar-refractivity contribution is 9.10. The van der Waals surface area contributed by atoms with Crippen molar-refractivity contribution in [2.24, 2.45) is 0 Å². The highest BCUT2D eigenvalue weighted by Gasteiger charge is 2.21. The summed E-state index contributed by atoms with van der Waals surface area (Å²) in [6.45, 7) is 2.76. The second-order valence-electron chi connectivity index (χ2n) is 6.92. The van der Waals surface area contributed by atoms with Gasteiger partial charge in [0, 0.05) is 42.3 Å². The van der Waals surface area contributed by atoms with E-state index in [1.54, 1.807) is 12.1 Å². The molecule has 3 aromatic rings. The zero-order chi connectivity index (χ0) is 20.2. The first-order valence-electron chi connectivity index (χ1n) is 9.57. The average Bonchev–Trinajstić information content (AvgIpc) is 3.01. The van der Waals surface area contributed by atoms with Crippen LogP contribution in [0.5, 0.6) is 0 Å². The van der Waals surface area contributed by atoms with Crippen LogP contribution in [0.3, 0.4) is 0 Å². The minimum absolute atomic E-state index is 0.0431. The summed E-state index contributed by atoms with van der Waals surface area (Å²) in [5.74, 6) is 0.785. The number of para-hydroxylation sites is 1. The summed E-state index contributed by atoms with van der Waals surface area (Å²) in [7, 11) is 0. The van der Waals surface area contributed by atoms with Crippen LogP contribution in [0.2, 0.25) is 0 Å². The standard InChI is InChI=1S/C22H21BrN4O2/c23-18-9-7-17(8-10-18)22(29)26-14-4-13-25(15-16-26)20-11-12-21(28)27(24-20)19-5-2-1-3-6-19/h1-3,5-12H,4,13-16H2. The Hall–Kier alpha value is -2.93. The van der Waals surface area contributed by atoms with Gasteiger partial charge in [-0.25, -0.2) is 0 Å². The van der Waals surface area contributed by atoms with Crippen molar-refractivity contribution in [2.75, 3.05) is 31.1 Å². The molecule has 0 saturated carbocycles. The molecular weight excluding hydrogens is 432 g/mol. The highest BCUT2D eigenvalue weighted by atomic mass is 79.9. The summed E-state index contributed by atoms with van der Waals surface area (Å²) >= 11 is 3.40. The molecule has 0 spiro atoms. The summed E-state index contributed by atoms with van der Waals surface area (Å²) in [5, 5.41) is 4.57. The highest BCUT2D eigenvalue weighted by Crippen LogP contribution is 2.16. The first kappa shape index (κ1) is 19.4. The third kappa shape index (κ3) is 4.40. The van der Waals surface area contributed by atoms with Gasteiger partial charge >= 0.3 is 0 Å². The van der Waals surface area contributed by atoms with Crippen molar-refractivity contribution in [1.82, 2.24) is 14.7 Å². The van der Waals surface area contributed by atoms with Gasteiger partial charge in [0.1, 0.15) is 5.82 Å². The molecule has 1 amide bonds. The summed E-state index contributed by atoms with van der Waals surface area (Å²) in [5.41, 5.74) is 1.26. The molecule has 0 aliphatic carbocycles. The topological polar surface area (TPSA) is 58.4 Å². The third-order valence-electron chi connectivity index (χ3n) is 4.99. The Morgan fingerprint density at radius 1 is 0.862 bits per heavy atom. The summed E-state index contributed by atoms with van der Waals surface area (Å²) in [6.07, 6.45) is 0.842. The van der Waals surface area contributed by atoms with E-state index in [9.17, 15) is 9.59 Å². The van der Waals surface area contributed by atoms with Gasteiger partial charge in [0.15, 0.2) is 0 Å². The molecule has 6 nitrogen and oxygen atoms in total. The van der Waals surface area contributed by atoms with Crippen molar-refractivity contribution in [3.05, 3.63) is 87.1 Å². The Morgan fingerprint density at radius 3 is 2.38 bits per heavy atom. The van der Waals surface area contributed by atoms with E-state index in [0.29, 0.717) is 25.2 Å². The average molecular weight is 453 g/mol. The van der Waals surface area contributed by atoms with Gasteiger partial charge in [0.2, 0.25) is 0 Å². The molecule has 0 N–H and O–H groups in total. The van der Waals surface area contributed by atoms with E-state index in [1.165, 1.54) is 4.68 Å². The first-order chi connectivity index (χ1) is 14.1. The molecule has 0 atom stereocenters. The fourth-order valence-electron chi connectivity index (χ4n) is 3.45. The lowest BCUT2D eigenvalue weighted by Crippen LogP contribution is -2.36. The minimum Gasteiger partial charge on any atom is -0.353 e. The molecule has 2 aromatic carbocycles. The predicted molar refractivity (Wildman–Crippen MR) is 117 cm³/mol. The normalized spacial score (nSPS) is 14.5. The number of benzene rings is 2. The zero-order valence-electron chi connectivity index (χ0n) is 15.9. The lowest BCUT2D eigenvalue weighted by molar-refractivity contribution is 0.0767. The molecule has 2 heterocycles. The molecule has 29 heavy (non-hydrogen) atoms. The number of anilines is 1. The molecule has 1 saturated heterocycles. The van der Waals surface area contributed by atoms with E-state index in [0.717, 1.165) is 28.9 Å². The molecule has 1 aliphatic rings. The van der Waals surface area contributed by atoms with Crippen LogP contribution in [0, 0.1) is 0 Å². The maximum absolute atomic E-state index is 12.8. The molecule has 148 valence electrons. The maximum Gasteiger partial charge on any atom is 0.271 e. The molecular formula is C22H21BrN4O2. The number of halogens is 1. The van der Waals surface area contributed by atoms with Crippen LogP contribution < -0.4 is 10.5 Å². The van der Waals surface area contributed by atoms with Crippen molar-refractivity contribution in [3.8, 4) is 5.69 Å². The van der Waals surface area contributed by atoms with Crippen molar-refractivity contribution >= 4 is 27.7 Å². The largest absolute Gasteiger partial charge is 0.353 e. The number of aromatic nitrogens is 2. The second-order valence-corrected chi connectivity index (χ2v) is 7.83. The number of rotatable bonds is 3. The van der Waals surface area contributed by atoms with Gasteiger partial charge in [-0.3, -0.25) is 9.59 Å². The van der Waals surface area contributed by atoms with E-state index < -0.39 is 0 Å². The van der Waals surface area contributed by atoms with E-state index >= 15 is 0 Å². The lowest BCUT2D eigenvalue weighted by Gasteiger charge is -2.23. The Bertz CT molecular complexity index is 1050. The Kier molecular flexibility index (Phi) is 5.76. The number of carbonyl (C=O) groups is 1. The zero-order valence-corrected chi connectivity index (χ0v) is 17.5. The molecule has 0 bridgehead atoms. The molecule has 1 aromatic heterocycles. The van der Waals surface area contributed by atoms with Gasteiger partial charge in [-0.2, -0.15) is 4.68 Å². The van der Waals surface area contributed by atoms with Crippen LogP contribution in [-0.4, -0.2) is 46.8 Å². The fourth-order valence-corrected chi connectivity index (χ4v) is 3.71. The van der Waals surface area contributed by atoms with Gasteiger partial charge in [0.25, 0.3) is 11.5 Å². The Labute approximate surface area is 177 Å². The summed E-state index contributed by atoms with van der Waals surface area (Å²) in [6, 6.07) is 20.1. The van der Waals surface area contributed by atoms with Crippen LogP contribution >= 0.6 is 15.9 Å². The fraction of sp³-hybridized carbons (Fsp3) is 0.227. The van der Waals surface area contributed by atoms with Crippen LogP contribution in [0.1, 0.15) is 16.8 Å². The molecule has 1 aliphatic heterocycles. The van der Waals surface area contributed by atoms with Crippen LogP contribution in [0.4, 0.5) is 5.82 Å². The third-order valence-corrected chi connectivity index (χ3v) is 5.51. The van der Waals surface area contributed by atoms with Gasteiger partial charge in [-0.15, -0.1) is 5.10 Å². The molecule has 1 fully saturated rings. The SMILES string of the molecule is O=C(c1ccc(Br)cc1)N1CCCN(c2ccc(=O)n(-c3ccccc3)n2)CC1. The van der Waals surface area contributed by atoms with E-state index in [2.05, 4.69) is 25.9 Å². The van der Waals surface area contributed by atoms with Gasteiger partial charge in [-0.05, 0) is 48.9 Å². The van der Waals surface area contributed by atoms with Gasteiger partial charge in [0.05, 0.1) is 5.69 Å². The Balaban J connectivity index is 1.51. The van der Waals surface area contributed by atoms with Gasteiger partial charge in [-0.1, -0.05) is 34.1 Å². The van der Waals surface area contributed by atoms with Crippen LogP contribution in [0.25, 0.3) is 5.69 Å². The van der Waals surface area contributed by atoms with Crippen molar-refractivity contribution in [3.63, 3.8) is 0 Å². The van der Waals surface area contributed by atoms with Gasteiger partial charge < -0.3 is 9.80 Å². The van der Waals surface area contributed by atoms with E-state index in [-0.39, 0.29) is 11.5 Å². The van der Waals surface area contributed by atoms with E-state index in [4.69, 9.17) is 0 Å². The summed E-state index contributed by atoms with van der Waals surface area (Å²) < 4.78 is 2.38. The number of nitrogens with zero attached hydrogens (tertiary/aromatic N) is 4. The Morgan fingerprint density at radius 2 is 1.62 bits per heavy atom. The molecule has 0 unspecified atom stereocenters. The quantitative estimate of drug-likeness (QED) is 0.611. The maximum atomic E-state index is 12.8. The van der Waals surface area contributed by atoms with Crippen molar-refractivity contribution in [2.45, 2.75) is 6.42 Å². The predicted octanol–water partition coefficient (Wildman–Crippen LogP) is 3.35. The minimum atomic E-state index is -0.165. The van der Waals surface area contributed by atoms with Crippen molar-refractivity contribution in [1.29, 1.82) is 0 Å². The number of hydrogen-bond donors (Lipinski definition) is 0. The van der Waals surface area contributed by atoms with Crippen LogP contribution in [-0.2, 0) is 0 Å². The van der Waals surface area contributed by atoms with E-state index in [1.807, 2.05) is 59.5 Å².